The molecule has 1 fully saturated rings. The van der Waals surface area contributed by atoms with Crippen LogP contribution in [0.2, 0.25) is 0 Å². The van der Waals surface area contributed by atoms with Crippen molar-refractivity contribution < 1.29 is 19.1 Å². The van der Waals surface area contributed by atoms with Crippen LogP contribution in [0, 0.1) is 0 Å². The van der Waals surface area contributed by atoms with Crippen LogP contribution in [0.3, 0.4) is 0 Å². The quantitative estimate of drug-likeness (QED) is 0.371. The molecule has 2 aliphatic heterocycles. The Morgan fingerprint density at radius 1 is 1.05 bits per heavy atom. The lowest BCUT2D eigenvalue weighted by Crippen LogP contribution is -2.37. The first-order valence-corrected chi connectivity index (χ1v) is 14.5. The predicted octanol–water partition coefficient (Wildman–Crippen LogP) is 5.71. The summed E-state index contributed by atoms with van der Waals surface area (Å²) in [6.07, 6.45) is 3.21. The Morgan fingerprint density at radius 2 is 1.89 bits per heavy atom. The molecule has 1 saturated heterocycles. The van der Waals surface area contributed by atoms with Gasteiger partial charge in [-0.25, -0.2) is 0 Å². The number of hydrogen-bond acceptors (Lipinski definition) is 5. The van der Waals surface area contributed by atoms with Crippen LogP contribution >= 0.6 is 11.3 Å². The molecule has 0 spiro atoms. The van der Waals surface area contributed by atoms with Crippen molar-refractivity contribution in [3.05, 3.63) is 47.0 Å². The largest absolute Gasteiger partial charge is 0.493 e. The Labute approximate surface area is 229 Å². The topological polar surface area (TPSA) is 64.0 Å². The zero-order valence-electron chi connectivity index (χ0n) is 22.8. The fraction of sp³-hybridized carbons (Fsp3) is 0.467. The van der Waals surface area contributed by atoms with Gasteiger partial charge in [0.25, 0.3) is 5.91 Å². The second-order valence-electron chi connectivity index (χ2n) is 10.3. The summed E-state index contributed by atoms with van der Waals surface area (Å²) in [7, 11) is 1.67. The van der Waals surface area contributed by atoms with Gasteiger partial charge in [0.1, 0.15) is 5.69 Å². The van der Waals surface area contributed by atoms with Gasteiger partial charge in [-0.2, -0.15) is 0 Å². The van der Waals surface area contributed by atoms with Crippen LogP contribution in [-0.4, -0.2) is 65.6 Å². The number of thiophene rings is 1. The number of carbonyl (C=O) groups is 2. The van der Waals surface area contributed by atoms with E-state index in [-0.39, 0.29) is 17.9 Å². The molecule has 3 aromatic rings. The molecule has 8 heteroatoms. The minimum absolute atomic E-state index is 0.00480. The molecule has 2 aliphatic rings. The van der Waals surface area contributed by atoms with Crippen LogP contribution in [0.4, 0.5) is 0 Å². The normalized spacial score (nSPS) is 15.3. The second kappa shape index (κ2) is 11.2. The molecule has 4 heterocycles. The number of benzene rings is 1. The van der Waals surface area contributed by atoms with Crippen LogP contribution in [0.5, 0.6) is 11.5 Å². The number of aromatic nitrogens is 1. The molecule has 0 bridgehead atoms. The maximum absolute atomic E-state index is 14.0. The lowest BCUT2D eigenvalue weighted by molar-refractivity contribution is -0.130. The standard InChI is InChI=1S/C30H37N3O4S/c1-5-6-11-31-14-15-32(12-10-28(31)34)30(35)24-18-23(27-8-7-16-38-27)29-22-19-26(37-20(2)3)25(36-4)17-21(22)9-13-33(24)29/h7-8,16-20H,5-6,9-15H2,1-4H3. The summed E-state index contributed by atoms with van der Waals surface area (Å²) in [5, 5.41) is 2.07. The first-order valence-electron chi connectivity index (χ1n) is 13.6. The van der Waals surface area contributed by atoms with E-state index in [0.717, 1.165) is 53.3 Å². The molecule has 0 unspecified atom stereocenters. The molecular formula is C30H37N3O4S. The highest BCUT2D eigenvalue weighted by atomic mass is 32.1. The third-order valence-electron chi connectivity index (χ3n) is 7.37. The van der Waals surface area contributed by atoms with E-state index in [4.69, 9.17) is 9.47 Å². The number of fused-ring (bicyclic) bond motifs is 3. The second-order valence-corrected chi connectivity index (χ2v) is 11.2. The van der Waals surface area contributed by atoms with Gasteiger partial charge in [-0.05, 0) is 61.9 Å². The van der Waals surface area contributed by atoms with Gasteiger partial charge in [0.15, 0.2) is 11.5 Å². The minimum atomic E-state index is -0.00480. The zero-order valence-corrected chi connectivity index (χ0v) is 23.6. The van der Waals surface area contributed by atoms with Crippen molar-refractivity contribution in [1.29, 1.82) is 0 Å². The fourth-order valence-corrected chi connectivity index (χ4v) is 6.20. The van der Waals surface area contributed by atoms with Crippen molar-refractivity contribution >= 4 is 23.2 Å². The number of carbonyl (C=O) groups excluding carboxylic acids is 2. The minimum Gasteiger partial charge on any atom is -0.493 e. The van der Waals surface area contributed by atoms with Crippen molar-refractivity contribution in [1.82, 2.24) is 14.4 Å². The summed E-state index contributed by atoms with van der Waals surface area (Å²) >= 11 is 1.67. The van der Waals surface area contributed by atoms with E-state index in [1.165, 1.54) is 5.56 Å². The van der Waals surface area contributed by atoms with E-state index in [2.05, 4.69) is 35.1 Å². The monoisotopic (exact) mass is 535 g/mol. The van der Waals surface area contributed by atoms with Crippen LogP contribution in [-0.2, 0) is 17.8 Å². The maximum Gasteiger partial charge on any atom is 0.270 e. The van der Waals surface area contributed by atoms with Gasteiger partial charge < -0.3 is 23.8 Å². The average Bonchev–Trinajstić information content (AvgIpc) is 3.53. The molecule has 38 heavy (non-hydrogen) atoms. The predicted molar refractivity (Wildman–Crippen MR) is 151 cm³/mol. The summed E-state index contributed by atoms with van der Waals surface area (Å²) < 4.78 is 13.9. The molecule has 0 N–H and O–H groups in total. The third kappa shape index (κ3) is 5.06. The van der Waals surface area contributed by atoms with E-state index >= 15 is 0 Å². The Bertz CT molecular complexity index is 1310. The summed E-state index contributed by atoms with van der Waals surface area (Å²) in [5.41, 5.74) is 5.05. The van der Waals surface area contributed by atoms with Gasteiger partial charge in [0.2, 0.25) is 5.91 Å². The molecule has 7 nitrogen and oxygen atoms in total. The highest BCUT2D eigenvalue weighted by molar-refractivity contribution is 7.13. The number of unbranched alkanes of at least 4 members (excludes halogenated alkanes) is 1. The summed E-state index contributed by atoms with van der Waals surface area (Å²) in [6.45, 7) is 9.22. The number of hydrogen-bond donors (Lipinski definition) is 0. The Hall–Kier alpha value is -3.26. The number of nitrogens with zero attached hydrogens (tertiary/aromatic N) is 3. The molecule has 0 aliphatic carbocycles. The van der Waals surface area contributed by atoms with E-state index < -0.39 is 0 Å². The lowest BCUT2D eigenvalue weighted by Gasteiger charge is -2.26. The Morgan fingerprint density at radius 3 is 2.61 bits per heavy atom. The average molecular weight is 536 g/mol. The van der Waals surface area contributed by atoms with Crippen LogP contribution in [0.15, 0.2) is 35.7 Å². The van der Waals surface area contributed by atoms with Crippen molar-refractivity contribution in [3.8, 4) is 33.2 Å². The van der Waals surface area contributed by atoms with Crippen molar-refractivity contribution in [2.75, 3.05) is 33.3 Å². The molecule has 2 aromatic heterocycles. The highest BCUT2D eigenvalue weighted by Gasteiger charge is 2.31. The molecule has 1 aromatic carbocycles. The van der Waals surface area contributed by atoms with Gasteiger partial charge in [-0.3, -0.25) is 9.59 Å². The van der Waals surface area contributed by atoms with E-state index in [1.54, 1.807) is 18.4 Å². The van der Waals surface area contributed by atoms with Gasteiger partial charge in [-0.15, -0.1) is 11.3 Å². The highest BCUT2D eigenvalue weighted by Crippen LogP contribution is 2.45. The summed E-state index contributed by atoms with van der Waals surface area (Å²) in [4.78, 5) is 31.6. The van der Waals surface area contributed by atoms with Crippen LogP contribution < -0.4 is 9.47 Å². The van der Waals surface area contributed by atoms with Crippen LogP contribution in [0.1, 0.15) is 56.1 Å². The summed E-state index contributed by atoms with van der Waals surface area (Å²) in [6, 6.07) is 10.3. The molecule has 0 saturated carbocycles. The fourth-order valence-electron chi connectivity index (χ4n) is 5.45. The third-order valence-corrected chi connectivity index (χ3v) is 8.27. The van der Waals surface area contributed by atoms with Gasteiger partial charge in [-0.1, -0.05) is 19.4 Å². The number of ether oxygens (including phenoxy) is 2. The Balaban J connectivity index is 1.55. The molecule has 0 atom stereocenters. The van der Waals surface area contributed by atoms with E-state index in [0.29, 0.717) is 44.0 Å². The van der Waals surface area contributed by atoms with Crippen molar-refractivity contribution in [2.24, 2.45) is 0 Å². The first kappa shape index (κ1) is 26.4. The van der Waals surface area contributed by atoms with Crippen molar-refractivity contribution in [2.45, 2.75) is 59.1 Å². The van der Waals surface area contributed by atoms with Gasteiger partial charge in [0.05, 0.1) is 18.9 Å². The number of methoxy groups -OCH3 is 1. The molecule has 202 valence electrons. The maximum atomic E-state index is 14.0. The number of aryl methyl sites for hydroxylation is 1. The number of amides is 2. The van der Waals surface area contributed by atoms with Gasteiger partial charge >= 0.3 is 0 Å². The van der Waals surface area contributed by atoms with Gasteiger partial charge in [0, 0.05) is 55.1 Å². The SMILES string of the molecule is CCCCN1CCN(C(=O)c2cc(-c3cccs3)c3n2CCc2cc(OC)c(OC(C)C)cc2-3)CCC1=O. The zero-order chi connectivity index (χ0) is 26.8. The first-order chi connectivity index (χ1) is 18.4. The smallest absolute Gasteiger partial charge is 0.270 e. The van der Waals surface area contributed by atoms with E-state index in [1.807, 2.05) is 35.8 Å². The molecule has 2 amide bonds. The van der Waals surface area contributed by atoms with E-state index in [9.17, 15) is 9.59 Å². The summed E-state index contributed by atoms with van der Waals surface area (Å²) in [5.74, 6) is 1.58. The molecule has 0 radical (unpaired) electrons. The number of rotatable bonds is 8. The molecule has 5 rings (SSSR count). The lowest BCUT2D eigenvalue weighted by atomic mass is 9.95. The van der Waals surface area contributed by atoms with Crippen molar-refractivity contribution in [3.63, 3.8) is 0 Å². The Kier molecular flexibility index (Phi) is 7.79. The molecular weight excluding hydrogens is 498 g/mol. The van der Waals surface area contributed by atoms with Crippen LogP contribution in [0.25, 0.3) is 21.7 Å².